The Hall–Kier alpha value is -4.75. The Morgan fingerprint density at radius 1 is 0.792 bits per heavy atom. The van der Waals surface area contributed by atoms with E-state index in [2.05, 4.69) is 98.6 Å². The van der Waals surface area contributed by atoms with Gasteiger partial charge in [0.25, 0.3) is 5.91 Å². The number of fused-ring (bicyclic) bond motifs is 2. The summed E-state index contributed by atoms with van der Waals surface area (Å²) in [7, 11) is 0. The average Bonchev–Trinajstić information content (AvgIpc) is 3.81. The van der Waals surface area contributed by atoms with E-state index >= 15 is 0 Å². The lowest BCUT2D eigenvalue weighted by atomic mass is 9.70. The molecule has 2 heterocycles. The highest BCUT2D eigenvalue weighted by atomic mass is 32.2. The van der Waals surface area contributed by atoms with Gasteiger partial charge in [-0.3, -0.25) is 14.7 Å². The van der Waals surface area contributed by atoms with Crippen molar-refractivity contribution in [3.63, 3.8) is 0 Å². The fourth-order valence-corrected chi connectivity index (χ4v) is 8.82. The van der Waals surface area contributed by atoms with Gasteiger partial charge in [0.2, 0.25) is 5.17 Å². The molecule has 6 nitrogen and oxygen atoms in total. The third kappa shape index (κ3) is 5.21. The standard InChI is InChI=1S/C41H39N5OS/c1-40(2)31-23-24-41(40,3)37(26-31)42-43-39-45(32-17-11-6-12-18-32)38(47)36(48-39)25-28-19-21-33(22-20-28)46-35(30-15-9-5-10-16-30)27-34(44-46)29-13-7-4-8-14-29/h4-22,25,31,35H,23-24,26-27H2,1-3H3. The molecular weight excluding hydrogens is 611 g/mol. The van der Waals surface area contributed by atoms with Crippen molar-refractivity contribution in [3.8, 4) is 0 Å². The highest BCUT2D eigenvalue weighted by molar-refractivity contribution is 8.19. The molecule has 3 unspecified atom stereocenters. The summed E-state index contributed by atoms with van der Waals surface area (Å²) in [5, 5.41) is 17.5. The van der Waals surface area contributed by atoms with E-state index in [0.717, 1.165) is 47.5 Å². The Bertz CT molecular complexity index is 1970. The van der Waals surface area contributed by atoms with Gasteiger partial charge in [0.15, 0.2) is 0 Å². The van der Waals surface area contributed by atoms with Crippen molar-refractivity contribution in [2.24, 2.45) is 32.1 Å². The van der Waals surface area contributed by atoms with E-state index in [-0.39, 0.29) is 22.8 Å². The van der Waals surface area contributed by atoms with E-state index in [4.69, 9.17) is 15.3 Å². The molecule has 1 saturated heterocycles. The lowest BCUT2D eigenvalue weighted by molar-refractivity contribution is -0.113. The van der Waals surface area contributed by atoms with E-state index < -0.39 is 0 Å². The number of nitrogens with zero attached hydrogens (tertiary/aromatic N) is 5. The molecule has 0 spiro atoms. The van der Waals surface area contributed by atoms with Gasteiger partial charge >= 0.3 is 0 Å². The molecule has 4 aliphatic rings. The molecule has 7 heteroatoms. The van der Waals surface area contributed by atoms with Crippen LogP contribution in [0.1, 0.15) is 69.2 Å². The first-order valence-corrected chi connectivity index (χ1v) is 17.6. The Morgan fingerprint density at radius 2 is 1.46 bits per heavy atom. The number of carbonyl (C=O) groups is 1. The predicted molar refractivity (Wildman–Crippen MR) is 199 cm³/mol. The molecule has 240 valence electrons. The maximum absolute atomic E-state index is 13.9. The number of amidine groups is 1. The first-order valence-electron chi connectivity index (χ1n) is 16.8. The number of thioether (sulfide) groups is 1. The van der Waals surface area contributed by atoms with E-state index in [1.807, 2.05) is 48.5 Å². The van der Waals surface area contributed by atoms with Gasteiger partial charge in [0.05, 0.1) is 28.0 Å². The van der Waals surface area contributed by atoms with Crippen LogP contribution in [0.25, 0.3) is 6.08 Å². The minimum atomic E-state index is -0.0884. The summed E-state index contributed by atoms with van der Waals surface area (Å²) in [6.45, 7) is 7.08. The summed E-state index contributed by atoms with van der Waals surface area (Å²) in [6, 6.07) is 39.1. The van der Waals surface area contributed by atoms with E-state index in [1.165, 1.54) is 29.5 Å². The van der Waals surface area contributed by atoms with Crippen molar-refractivity contribution in [3.05, 3.63) is 137 Å². The second kappa shape index (κ2) is 12.0. The summed E-state index contributed by atoms with van der Waals surface area (Å²) in [5.74, 6) is 0.552. The largest absolute Gasteiger partial charge is 0.271 e. The van der Waals surface area contributed by atoms with Gasteiger partial charge < -0.3 is 0 Å². The number of para-hydroxylation sites is 1. The fourth-order valence-electron chi connectivity index (χ4n) is 7.89. The fraction of sp³-hybridized carbons (Fsp3) is 0.268. The van der Waals surface area contributed by atoms with Crippen LogP contribution in [0.15, 0.2) is 135 Å². The molecule has 2 aliphatic heterocycles. The minimum Gasteiger partial charge on any atom is -0.268 e. The second-order valence-corrected chi connectivity index (χ2v) is 15.0. The van der Waals surface area contributed by atoms with Crippen LogP contribution in [-0.4, -0.2) is 22.5 Å². The molecule has 48 heavy (non-hydrogen) atoms. The van der Waals surface area contributed by atoms with Crippen LogP contribution in [0.4, 0.5) is 11.4 Å². The highest BCUT2D eigenvalue weighted by Crippen LogP contribution is 2.64. The number of amides is 1. The van der Waals surface area contributed by atoms with Crippen molar-refractivity contribution < 1.29 is 4.79 Å². The zero-order valence-electron chi connectivity index (χ0n) is 27.6. The maximum Gasteiger partial charge on any atom is 0.271 e. The van der Waals surface area contributed by atoms with Crippen LogP contribution in [-0.2, 0) is 4.79 Å². The third-order valence-corrected chi connectivity index (χ3v) is 12.2. The van der Waals surface area contributed by atoms with Crippen LogP contribution in [0.5, 0.6) is 0 Å². The van der Waals surface area contributed by atoms with Crippen molar-refractivity contribution >= 4 is 51.7 Å². The Morgan fingerprint density at radius 3 is 2.10 bits per heavy atom. The van der Waals surface area contributed by atoms with Gasteiger partial charge in [-0.25, -0.2) is 0 Å². The molecule has 0 aromatic heterocycles. The summed E-state index contributed by atoms with van der Waals surface area (Å²) in [4.78, 5) is 16.3. The molecule has 0 radical (unpaired) electrons. The summed E-state index contributed by atoms with van der Waals surface area (Å²) < 4.78 is 0. The van der Waals surface area contributed by atoms with Crippen LogP contribution in [0.3, 0.4) is 0 Å². The lowest BCUT2D eigenvalue weighted by Crippen LogP contribution is -2.32. The van der Waals surface area contributed by atoms with Crippen molar-refractivity contribution in [2.45, 2.75) is 52.5 Å². The summed E-state index contributed by atoms with van der Waals surface area (Å²) >= 11 is 1.39. The van der Waals surface area contributed by atoms with Gasteiger partial charge in [-0.2, -0.15) is 10.2 Å². The molecule has 2 bridgehead atoms. The van der Waals surface area contributed by atoms with Crippen LogP contribution >= 0.6 is 11.8 Å². The van der Waals surface area contributed by atoms with Crippen LogP contribution in [0, 0.1) is 16.7 Å². The molecule has 4 aromatic rings. The van der Waals surface area contributed by atoms with E-state index in [9.17, 15) is 4.79 Å². The van der Waals surface area contributed by atoms with Crippen LogP contribution in [0.2, 0.25) is 0 Å². The SMILES string of the molecule is CC12CCC(CC1=NN=C1SC(=Cc3ccc(N4N=C(c5ccccc5)CC4c4ccccc4)cc3)C(=O)N1c1ccccc1)C2(C)C. The second-order valence-electron chi connectivity index (χ2n) is 14.0. The number of anilines is 2. The third-order valence-electron chi connectivity index (χ3n) is 11.2. The quantitative estimate of drug-likeness (QED) is 0.154. The average molecular weight is 650 g/mol. The molecule has 4 aromatic carbocycles. The van der Waals surface area contributed by atoms with Gasteiger partial charge in [-0.1, -0.05) is 112 Å². The van der Waals surface area contributed by atoms with Crippen molar-refractivity contribution in [2.75, 3.05) is 9.91 Å². The Balaban J connectivity index is 1.09. The molecule has 2 saturated carbocycles. The Kier molecular flexibility index (Phi) is 7.67. The van der Waals surface area contributed by atoms with Gasteiger partial charge in [0.1, 0.15) is 0 Å². The smallest absolute Gasteiger partial charge is 0.268 e. The van der Waals surface area contributed by atoms with Crippen molar-refractivity contribution in [1.29, 1.82) is 0 Å². The van der Waals surface area contributed by atoms with Crippen molar-refractivity contribution in [1.82, 2.24) is 0 Å². The lowest BCUT2D eigenvalue weighted by Gasteiger charge is -2.34. The zero-order chi connectivity index (χ0) is 32.9. The highest BCUT2D eigenvalue weighted by Gasteiger charge is 2.60. The number of benzene rings is 4. The van der Waals surface area contributed by atoms with E-state index in [1.54, 1.807) is 4.90 Å². The molecule has 8 rings (SSSR count). The predicted octanol–water partition coefficient (Wildman–Crippen LogP) is 9.72. The molecule has 3 atom stereocenters. The molecule has 2 aliphatic carbocycles. The first kappa shape index (κ1) is 30.6. The van der Waals surface area contributed by atoms with Gasteiger partial charge in [-0.05, 0) is 89.4 Å². The monoisotopic (exact) mass is 649 g/mol. The minimum absolute atomic E-state index is 0.0494. The number of rotatable bonds is 6. The topological polar surface area (TPSA) is 60.6 Å². The number of carbonyl (C=O) groups excluding carboxylic acids is 1. The molecule has 1 amide bonds. The van der Waals surface area contributed by atoms with E-state index in [0.29, 0.717) is 16.0 Å². The van der Waals surface area contributed by atoms with Gasteiger partial charge in [0, 0.05) is 17.5 Å². The summed E-state index contributed by atoms with van der Waals surface area (Å²) in [6.07, 6.45) is 6.16. The number of hydrogen-bond donors (Lipinski definition) is 0. The maximum atomic E-state index is 13.9. The summed E-state index contributed by atoms with van der Waals surface area (Å²) in [5.41, 5.74) is 7.61. The number of hydrazone groups is 1. The molecular formula is C41H39N5OS. The number of hydrogen-bond acceptors (Lipinski definition) is 6. The zero-order valence-corrected chi connectivity index (χ0v) is 28.4. The molecule has 3 fully saturated rings. The van der Waals surface area contributed by atoms with Gasteiger partial charge in [-0.15, -0.1) is 5.10 Å². The molecule has 0 N–H and O–H groups in total. The van der Waals surface area contributed by atoms with Crippen LogP contribution < -0.4 is 9.91 Å². The normalized spacial score (nSPS) is 27.1. The Labute approximate surface area is 287 Å². The first-order chi connectivity index (χ1) is 23.3.